The third kappa shape index (κ3) is 4.67. The number of amides is 2. The van der Waals surface area contributed by atoms with Crippen molar-refractivity contribution in [1.82, 2.24) is 10.6 Å². The van der Waals surface area contributed by atoms with Crippen molar-refractivity contribution >= 4 is 6.03 Å². The molecule has 1 atom stereocenters. The van der Waals surface area contributed by atoms with Crippen molar-refractivity contribution in [2.24, 2.45) is 0 Å². The van der Waals surface area contributed by atoms with Crippen molar-refractivity contribution in [2.75, 3.05) is 7.11 Å². The van der Waals surface area contributed by atoms with Crippen LogP contribution in [0.25, 0.3) is 0 Å². The highest BCUT2D eigenvalue weighted by molar-refractivity contribution is 5.74. The molecular weight excluding hydrogens is 302 g/mol. The van der Waals surface area contributed by atoms with Crippen LogP contribution in [0.5, 0.6) is 5.75 Å². The molecule has 6 heteroatoms. The van der Waals surface area contributed by atoms with Gasteiger partial charge in [0.1, 0.15) is 17.4 Å². The molecule has 2 N–H and O–H groups in total. The number of hydrogen-bond acceptors (Lipinski definition) is 2. The lowest BCUT2D eigenvalue weighted by Crippen LogP contribution is -2.36. The fourth-order valence-electron chi connectivity index (χ4n) is 2.10. The molecule has 0 aliphatic rings. The molecule has 0 radical (unpaired) electrons. The third-order valence-corrected chi connectivity index (χ3v) is 3.39. The van der Waals surface area contributed by atoms with E-state index in [0.29, 0.717) is 6.54 Å². The fourth-order valence-corrected chi connectivity index (χ4v) is 2.10. The number of carbonyl (C=O) groups is 1. The topological polar surface area (TPSA) is 50.4 Å². The Morgan fingerprint density at radius 2 is 1.87 bits per heavy atom. The zero-order chi connectivity index (χ0) is 16.8. The zero-order valence-electron chi connectivity index (χ0n) is 12.9. The molecule has 0 saturated heterocycles. The van der Waals surface area contributed by atoms with Crippen LogP contribution in [0.3, 0.4) is 0 Å². The van der Waals surface area contributed by atoms with Crippen LogP contribution in [0, 0.1) is 11.6 Å². The van der Waals surface area contributed by atoms with E-state index in [1.807, 2.05) is 12.1 Å². The Balaban J connectivity index is 1.88. The lowest BCUT2D eigenvalue weighted by molar-refractivity contribution is 0.237. The molecule has 0 spiro atoms. The Labute approximate surface area is 133 Å². The van der Waals surface area contributed by atoms with Gasteiger partial charge in [0.05, 0.1) is 13.2 Å². The molecule has 0 heterocycles. The van der Waals surface area contributed by atoms with Gasteiger partial charge in [-0.15, -0.1) is 0 Å². The maximum absolute atomic E-state index is 13.6. The third-order valence-electron chi connectivity index (χ3n) is 3.39. The smallest absolute Gasteiger partial charge is 0.315 e. The molecule has 0 saturated carbocycles. The highest BCUT2D eigenvalue weighted by Crippen LogP contribution is 2.17. The van der Waals surface area contributed by atoms with Crippen molar-refractivity contribution in [2.45, 2.75) is 19.5 Å². The van der Waals surface area contributed by atoms with E-state index in [1.165, 1.54) is 6.07 Å². The summed E-state index contributed by atoms with van der Waals surface area (Å²) in [5.41, 5.74) is 1.13. The van der Waals surface area contributed by atoms with Gasteiger partial charge in [-0.05, 0) is 30.7 Å². The largest absolute Gasteiger partial charge is 0.497 e. The minimum atomic E-state index is -0.687. The van der Waals surface area contributed by atoms with Crippen molar-refractivity contribution in [1.29, 1.82) is 0 Å². The summed E-state index contributed by atoms with van der Waals surface area (Å²) in [4.78, 5) is 11.9. The molecule has 2 rings (SSSR count). The molecule has 0 aliphatic heterocycles. The lowest BCUT2D eigenvalue weighted by atomic mass is 10.1. The summed E-state index contributed by atoms with van der Waals surface area (Å²) in [5.74, 6) is -0.603. The molecule has 0 unspecified atom stereocenters. The molecule has 2 aromatic rings. The van der Waals surface area contributed by atoms with Gasteiger partial charge in [0.25, 0.3) is 0 Å². The van der Waals surface area contributed by atoms with E-state index in [4.69, 9.17) is 4.74 Å². The molecule has 2 amide bonds. The molecule has 0 aromatic heterocycles. The normalized spacial score (nSPS) is 11.7. The Hall–Kier alpha value is -2.63. The number of benzene rings is 2. The monoisotopic (exact) mass is 320 g/mol. The maximum Gasteiger partial charge on any atom is 0.315 e. The van der Waals surface area contributed by atoms with Crippen molar-refractivity contribution in [3.05, 3.63) is 65.2 Å². The quantitative estimate of drug-likeness (QED) is 0.885. The molecule has 0 fully saturated rings. The van der Waals surface area contributed by atoms with E-state index >= 15 is 0 Å². The van der Waals surface area contributed by atoms with Crippen LogP contribution in [0.2, 0.25) is 0 Å². The van der Waals surface area contributed by atoms with Crippen molar-refractivity contribution in [3.8, 4) is 5.75 Å². The van der Waals surface area contributed by atoms with Gasteiger partial charge in [0, 0.05) is 18.2 Å². The van der Waals surface area contributed by atoms with Crippen LogP contribution in [0.4, 0.5) is 13.6 Å². The van der Waals surface area contributed by atoms with Gasteiger partial charge in [0.2, 0.25) is 0 Å². The fraction of sp³-hybridized carbons (Fsp3) is 0.235. The Kier molecular flexibility index (Phi) is 5.51. The minimum Gasteiger partial charge on any atom is -0.497 e. The molecule has 23 heavy (non-hydrogen) atoms. The molecule has 0 bridgehead atoms. The van der Waals surface area contributed by atoms with Gasteiger partial charge in [0.15, 0.2) is 0 Å². The summed E-state index contributed by atoms with van der Waals surface area (Å²) >= 11 is 0. The van der Waals surface area contributed by atoms with Gasteiger partial charge in [-0.1, -0.05) is 18.2 Å². The molecular formula is C17H18F2N2O2. The lowest BCUT2D eigenvalue weighted by Gasteiger charge is -2.16. The number of ether oxygens (including phenoxy) is 1. The summed E-state index contributed by atoms with van der Waals surface area (Å²) in [6.07, 6.45) is 0. The first-order valence-corrected chi connectivity index (χ1v) is 7.12. The van der Waals surface area contributed by atoms with Crippen molar-refractivity contribution in [3.63, 3.8) is 0 Å². The molecule has 0 aliphatic carbocycles. The molecule has 2 aromatic carbocycles. The Bertz CT molecular complexity index is 675. The molecule has 4 nitrogen and oxygen atoms in total. The average Bonchev–Trinajstić information content (AvgIpc) is 2.53. The van der Waals surface area contributed by atoms with Crippen molar-refractivity contribution < 1.29 is 18.3 Å². The first-order valence-electron chi connectivity index (χ1n) is 7.12. The number of halogens is 2. The Morgan fingerprint density at radius 1 is 1.17 bits per heavy atom. The van der Waals surface area contributed by atoms with E-state index in [2.05, 4.69) is 10.6 Å². The predicted molar refractivity (Wildman–Crippen MR) is 83.1 cm³/mol. The maximum atomic E-state index is 13.6. The molecule has 122 valence electrons. The van der Waals surface area contributed by atoms with Crippen LogP contribution in [-0.2, 0) is 6.54 Å². The summed E-state index contributed by atoms with van der Waals surface area (Å²) in [6.45, 7) is 1.96. The SMILES string of the molecule is COc1ccc(CNC(=O)N[C@H](C)c2ccc(F)cc2F)cc1. The van der Waals surface area contributed by atoms with E-state index in [-0.39, 0.29) is 5.56 Å². The summed E-state index contributed by atoms with van der Waals surface area (Å²) < 4.78 is 31.6. The van der Waals surface area contributed by atoms with Crippen LogP contribution >= 0.6 is 0 Å². The highest BCUT2D eigenvalue weighted by atomic mass is 19.1. The second-order valence-corrected chi connectivity index (χ2v) is 5.06. The summed E-state index contributed by atoms with van der Waals surface area (Å²) in [7, 11) is 1.58. The average molecular weight is 320 g/mol. The Morgan fingerprint density at radius 3 is 2.48 bits per heavy atom. The van der Waals surface area contributed by atoms with Gasteiger partial charge < -0.3 is 15.4 Å². The van der Waals surface area contributed by atoms with Crippen LogP contribution in [-0.4, -0.2) is 13.1 Å². The summed E-state index contributed by atoms with van der Waals surface area (Å²) in [5, 5.41) is 5.29. The van der Waals surface area contributed by atoms with E-state index in [1.54, 1.807) is 26.2 Å². The van der Waals surface area contributed by atoms with E-state index in [0.717, 1.165) is 23.4 Å². The van der Waals surface area contributed by atoms with Crippen LogP contribution < -0.4 is 15.4 Å². The van der Waals surface area contributed by atoms with Gasteiger partial charge in [-0.25, -0.2) is 13.6 Å². The number of nitrogens with one attached hydrogen (secondary N) is 2. The van der Waals surface area contributed by atoms with Crippen LogP contribution in [0.1, 0.15) is 24.1 Å². The highest BCUT2D eigenvalue weighted by Gasteiger charge is 2.14. The van der Waals surface area contributed by atoms with Gasteiger partial charge in [-0.3, -0.25) is 0 Å². The summed E-state index contributed by atoms with van der Waals surface area (Å²) in [6, 6.07) is 9.53. The minimum absolute atomic E-state index is 0.228. The van der Waals surface area contributed by atoms with Gasteiger partial charge in [-0.2, -0.15) is 0 Å². The van der Waals surface area contributed by atoms with Crippen LogP contribution in [0.15, 0.2) is 42.5 Å². The second kappa shape index (κ2) is 7.58. The van der Waals surface area contributed by atoms with E-state index < -0.39 is 23.7 Å². The standard InChI is InChI=1S/C17H18F2N2O2/c1-11(15-8-5-13(18)9-16(15)19)21-17(22)20-10-12-3-6-14(23-2)7-4-12/h3-9,11H,10H2,1-2H3,(H2,20,21,22)/t11-/m1/s1. The second-order valence-electron chi connectivity index (χ2n) is 5.06. The van der Waals surface area contributed by atoms with E-state index in [9.17, 15) is 13.6 Å². The van der Waals surface area contributed by atoms with Gasteiger partial charge >= 0.3 is 6.03 Å². The number of rotatable bonds is 5. The number of urea groups is 1. The number of methoxy groups -OCH3 is 1. The zero-order valence-corrected chi connectivity index (χ0v) is 12.9. The predicted octanol–water partition coefficient (Wildman–Crippen LogP) is 3.53. The number of hydrogen-bond donors (Lipinski definition) is 2. The first kappa shape index (κ1) is 16.7. The first-order chi connectivity index (χ1) is 11.0. The number of carbonyl (C=O) groups excluding carboxylic acids is 1.